The molecule has 0 aliphatic rings. The van der Waals surface area contributed by atoms with Gasteiger partial charge in [-0.05, 0) is 41.2 Å². The number of methoxy groups -OCH3 is 1. The lowest BCUT2D eigenvalue weighted by atomic mass is 10.1. The second kappa shape index (κ2) is 6.57. The van der Waals surface area contributed by atoms with Crippen LogP contribution in [0.2, 0.25) is 0 Å². The first-order chi connectivity index (χ1) is 11.4. The monoisotopic (exact) mass is 405 g/mol. The number of ether oxygens (including phenoxy) is 1. The Balaban J connectivity index is 2.13. The summed E-state index contributed by atoms with van der Waals surface area (Å²) in [4.78, 5) is 12.0. The number of esters is 1. The van der Waals surface area contributed by atoms with E-state index in [0.29, 0.717) is 9.89 Å². The molecule has 2 aromatic carbocycles. The number of carbonyl (C=O) groups is 1. The Hall–Kier alpha value is -1.86. The highest BCUT2D eigenvalue weighted by Crippen LogP contribution is 2.36. The van der Waals surface area contributed by atoms with Crippen molar-refractivity contribution in [3.05, 3.63) is 47.2 Å². The van der Waals surface area contributed by atoms with Gasteiger partial charge in [-0.15, -0.1) is 10.2 Å². The summed E-state index contributed by atoms with van der Waals surface area (Å²) in [6.45, 7) is 3.61. The van der Waals surface area contributed by atoms with Crippen LogP contribution >= 0.6 is 27.7 Å². The summed E-state index contributed by atoms with van der Waals surface area (Å²) in [6, 6.07) is 14.2. The average Bonchev–Trinajstić information content (AvgIpc) is 2.93. The number of benzene rings is 2. The maximum Gasteiger partial charge on any atom is 0.321 e. The van der Waals surface area contributed by atoms with Crippen LogP contribution in [0.5, 0.6) is 0 Å². The van der Waals surface area contributed by atoms with E-state index in [2.05, 4.69) is 44.3 Å². The summed E-state index contributed by atoms with van der Waals surface area (Å²) in [6.07, 6.45) is 0. The lowest BCUT2D eigenvalue weighted by Gasteiger charge is -2.20. The highest BCUT2D eigenvalue weighted by atomic mass is 79.9. The van der Waals surface area contributed by atoms with E-state index in [1.165, 1.54) is 18.9 Å². The molecule has 7 heteroatoms. The third-order valence-corrected chi connectivity index (χ3v) is 5.26. The van der Waals surface area contributed by atoms with Crippen molar-refractivity contribution < 1.29 is 9.53 Å². The molecule has 24 heavy (non-hydrogen) atoms. The van der Waals surface area contributed by atoms with E-state index in [0.717, 1.165) is 16.5 Å². The van der Waals surface area contributed by atoms with Crippen molar-refractivity contribution in [1.82, 2.24) is 14.8 Å². The third-order valence-electron chi connectivity index (χ3n) is 3.62. The van der Waals surface area contributed by atoms with E-state index >= 15 is 0 Å². The lowest BCUT2D eigenvalue weighted by Crippen LogP contribution is -2.29. The number of rotatable bonds is 4. The van der Waals surface area contributed by atoms with Gasteiger partial charge in [-0.1, -0.05) is 48.2 Å². The first kappa shape index (κ1) is 17.0. The molecule has 0 spiro atoms. The van der Waals surface area contributed by atoms with Crippen molar-refractivity contribution in [2.45, 2.75) is 23.8 Å². The second-order valence-electron chi connectivity index (χ2n) is 5.69. The second-order valence-corrected chi connectivity index (χ2v) is 7.99. The van der Waals surface area contributed by atoms with E-state index in [1.807, 2.05) is 28.8 Å². The molecule has 1 aromatic heterocycles. The highest BCUT2D eigenvalue weighted by molar-refractivity contribution is 9.10. The predicted octanol–water partition coefficient (Wildman–Crippen LogP) is 4.23. The third kappa shape index (κ3) is 3.06. The molecule has 0 fully saturated rings. The minimum absolute atomic E-state index is 0.309. The van der Waals surface area contributed by atoms with E-state index in [9.17, 15) is 4.79 Å². The number of fused-ring (bicyclic) bond motifs is 1. The molecule has 5 nitrogen and oxygen atoms in total. The van der Waals surface area contributed by atoms with Gasteiger partial charge in [0.05, 0.1) is 12.8 Å². The highest BCUT2D eigenvalue weighted by Gasteiger charge is 2.33. The molecule has 1 heterocycles. The standard InChI is InChI=1S/C17H16BrN3O2S/c1-17(2,14(22)23-3)24-16-20-19-15(18)21(16)13-10-6-8-11-7-4-5-9-12(11)13/h4-10H,1-3H3. The summed E-state index contributed by atoms with van der Waals surface area (Å²) in [7, 11) is 1.38. The van der Waals surface area contributed by atoms with Gasteiger partial charge in [0.25, 0.3) is 0 Å². The van der Waals surface area contributed by atoms with Crippen LogP contribution in [0.4, 0.5) is 0 Å². The molecular weight excluding hydrogens is 390 g/mol. The van der Waals surface area contributed by atoms with Gasteiger partial charge in [0.15, 0.2) is 5.16 Å². The molecule has 0 aliphatic heterocycles. The smallest absolute Gasteiger partial charge is 0.321 e. The molecule has 0 atom stereocenters. The molecule has 0 N–H and O–H groups in total. The molecule has 0 radical (unpaired) electrons. The Labute approximate surface area is 152 Å². The van der Waals surface area contributed by atoms with Gasteiger partial charge in [-0.25, -0.2) is 0 Å². The summed E-state index contributed by atoms with van der Waals surface area (Å²) in [5.74, 6) is -0.309. The van der Waals surface area contributed by atoms with E-state index in [4.69, 9.17) is 4.74 Å². The maximum absolute atomic E-state index is 12.0. The fraction of sp³-hybridized carbons (Fsp3) is 0.235. The number of hydrogen-bond acceptors (Lipinski definition) is 5. The first-order valence-electron chi connectivity index (χ1n) is 7.30. The van der Waals surface area contributed by atoms with Crippen LogP contribution < -0.4 is 0 Å². The average molecular weight is 406 g/mol. The zero-order valence-corrected chi connectivity index (χ0v) is 15.9. The predicted molar refractivity (Wildman–Crippen MR) is 98.5 cm³/mol. The number of thioether (sulfide) groups is 1. The number of carbonyl (C=O) groups excluding carboxylic acids is 1. The Kier molecular flexibility index (Phi) is 4.64. The Morgan fingerprint density at radius 2 is 1.88 bits per heavy atom. The first-order valence-corrected chi connectivity index (χ1v) is 8.91. The minimum Gasteiger partial charge on any atom is -0.468 e. The quantitative estimate of drug-likeness (QED) is 0.480. The Bertz CT molecular complexity index is 902. The molecule has 0 saturated carbocycles. The van der Waals surface area contributed by atoms with Crippen molar-refractivity contribution in [3.8, 4) is 5.69 Å². The SMILES string of the molecule is COC(=O)C(C)(C)Sc1nnc(Br)n1-c1cccc2ccccc12. The molecule has 3 rings (SSSR count). The van der Waals surface area contributed by atoms with Crippen LogP contribution in [-0.2, 0) is 9.53 Å². The maximum atomic E-state index is 12.0. The van der Waals surface area contributed by atoms with Crippen LogP contribution in [0.25, 0.3) is 16.5 Å². The van der Waals surface area contributed by atoms with Crippen molar-refractivity contribution in [3.63, 3.8) is 0 Å². The zero-order valence-electron chi connectivity index (χ0n) is 13.5. The van der Waals surface area contributed by atoms with Gasteiger partial charge < -0.3 is 4.74 Å². The number of nitrogens with zero attached hydrogens (tertiary/aromatic N) is 3. The molecule has 0 saturated heterocycles. The summed E-state index contributed by atoms with van der Waals surface area (Å²) in [5.41, 5.74) is 0.952. The van der Waals surface area contributed by atoms with Gasteiger partial charge in [0.2, 0.25) is 4.73 Å². The fourth-order valence-electron chi connectivity index (χ4n) is 2.44. The van der Waals surface area contributed by atoms with Gasteiger partial charge in [0.1, 0.15) is 4.75 Å². The molecule has 124 valence electrons. The van der Waals surface area contributed by atoms with Crippen molar-refractivity contribution >= 4 is 44.4 Å². The molecule has 3 aromatic rings. The van der Waals surface area contributed by atoms with Crippen molar-refractivity contribution in [1.29, 1.82) is 0 Å². The zero-order chi connectivity index (χ0) is 17.3. The van der Waals surface area contributed by atoms with E-state index in [1.54, 1.807) is 13.8 Å². The Morgan fingerprint density at radius 1 is 1.17 bits per heavy atom. The summed E-state index contributed by atoms with van der Waals surface area (Å²) >= 11 is 4.78. The molecule has 0 aliphatic carbocycles. The molecule has 0 amide bonds. The number of hydrogen-bond donors (Lipinski definition) is 0. The van der Waals surface area contributed by atoms with Crippen molar-refractivity contribution in [2.24, 2.45) is 0 Å². The van der Waals surface area contributed by atoms with Crippen molar-refractivity contribution in [2.75, 3.05) is 7.11 Å². The largest absolute Gasteiger partial charge is 0.468 e. The van der Waals surface area contributed by atoms with E-state index in [-0.39, 0.29) is 5.97 Å². The van der Waals surface area contributed by atoms with Crippen LogP contribution in [0.3, 0.4) is 0 Å². The molecule has 0 bridgehead atoms. The normalized spacial score (nSPS) is 11.7. The van der Waals surface area contributed by atoms with Gasteiger partial charge in [0, 0.05) is 5.39 Å². The topological polar surface area (TPSA) is 57.0 Å². The number of aromatic nitrogens is 3. The molecular formula is C17H16BrN3O2S. The minimum atomic E-state index is -0.774. The van der Waals surface area contributed by atoms with Gasteiger partial charge >= 0.3 is 5.97 Å². The summed E-state index contributed by atoms with van der Waals surface area (Å²) < 4.78 is 6.59. The van der Waals surface area contributed by atoms with Gasteiger partial charge in [-0.2, -0.15) is 0 Å². The summed E-state index contributed by atoms with van der Waals surface area (Å²) in [5, 5.41) is 11.2. The van der Waals surface area contributed by atoms with Gasteiger partial charge in [-0.3, -0.25) is 9.36 Å². The van der Waals surface area contributed by atoms with Crippen LogP contribution in [0.15, 0.2) is 52.4 Å². The van der Waals surface area contributed by atoms with Crippen LogP contribution in [0, 0.1) is 0 Å². The Morgan fingerprint density at radius 3 is 2.62 bits per heavy atom. The molecule has 0 unspecified atom stereocenters. The van der Waals surface area contributed by atoms with E-state index < -0.39 is 4.75 Å². The fourth-order valence-corrected chi connectivity index (χ4v) is 3.98. The van der Waals surface area contributed by atoms with Crippen LogP contribution in [0.1, 0.15) is 13.8 Å². The lowest BCUT2D eigenvalue weighted by molar-refractivity contribution is -0.142. The van der Waals surface area contributed by atoms with Crippen LogP contribution in [-0.4, -0.2) is 32.6 Å². The number of halogens is 1.